The molecule has 2 N–H and O–H groups in total. The van der Waals surface area contributed by atoms with E-state index < -0.39 is 0 Å². The second-order valence-electron chi connectivity index (χ2n) is 5.95. The van der Waals surface area contributed by atoms with Gasteiger partial charge in [-0.2, -0.15) is 0 Å². The molecule has 0 bridgehead atoms. The van der Waals surface area contributed by atoms with Crippen LogP contribution in [0.4, 0.5) is 0 Å². The summed E-state index contributed by atoms with van der Waals surface area (Å²) in [6, 6.07) is 0.426. The number of hydrogen-bond donors (Lipinski definition) is 2. The van der Waals surface area contributed by atoms with Crippen LogP contribution in [0.25, 0.3) is 0 Å². The molecule has 106 valence electrons. The van der Waals surface area contributed by atoms with E-state index in [1.54, 1.807) is 0 Å². The largest absolute Gasteiger partial charge is 0.355 e. The first-order valence-corrected chi connectivity index (χ1v) is 7.61. The summed E-state index contributed by atoms with van der Waals surface area (Å²) in [5.74, 6) is 1.89. The van der Waals surface area contributed by atoms with Crippen LogP contribution in [-0.2, 0) is 4.79 Å². The molecule has 0 saturated heterocycles. The first kappa shape index (κ1) is 15.5. The van der Waals surface area contributed by atoms with Crippen LogP contribution in [0.1, 0.15) is 59.3 Å². The quantitative estimate of drug-likeness (QED) is 0.733. The Balaban J connectivity index is 2.01. The highest BCUT2D eigenvalue weighted by Gasteiger charge is 2.17. The second kappa shape index (κ2) is 8.52. The zero-order valence-corrected chi connectivity index (χ0v) is 12.3. The van der Waals surface area contributed by atoms with Crippen molar-refractivity contribution < 1.29 is 4.79 Å². The highest BCUT2D eigenvalue weighted by atomic mass is 16.1. The fourth-order valence-corrected chi connectivity index (χ4v) is 2.51. The molecular formula is C15H30N2O. The Hall–Kier alpha value is -0.570. The molecule has 1 rings (SSSR count). The fraction of sp³-hybridized carbons (Fsp3) is 0.933. The van der Waals surface area contributed by atoms with Crippen LogP contribution >= 0.6 is 0 Å². The molecule has 3 heteroatoms. The standard InChI is InChI=1S/C15H30N2O/c1-4-13(3)17-11-15(18)16-10-9-14-7-5-12(2)6-8-14/h12-14,17H,4-11H2,1-3H3,(H,16,18). The van der Waals surface area contributed by atoms with Gasteiger partial charge in [-0.1, -0.05) is 39.5 Å². The van der Waals surface area contributed by atoms with Crippen molar-refractivity contribution in [3.63, 3.8) is 0 Å². The van der Waals surface area contributed by atoms with E-state index in [2.05, 4.69) is 31.4 Å². The Morgan fingerprint density at radius 1 is 1.28 bits per heavy atom. The SMILES string of the molecule is CCC(C)NCC(=O)NCCC1CCC(C)CC1. The van der Waals surface area contributed by atoms with Gasteiger partial charge in [0.05, 0.1) is 6.54 Å². The molecular weight excluding hydrogens is 224 g/mol. The maximum atomic E-state index is 11.6. The van der Waals surface area contributed by atoms with Gasteiger partial charge >= 0.3 is 0 Å². The average molecular weight is 254 g/mol. The van der Waals surface area contributed by atoms with Gasteiger partial charge in [-0.3, -0.25) is 4.79 Å². The van der Waals surface area contributed by atoms with Crippen LogP contribution < -0.4 is 10.6 Å². The summed E-state index contributed by atoms with van der Waals surface area (Å²) >= 11 is 0. The molecule has 0 spiro atoms. The lowest BCUT2D eigenvalue weighted by atomic mass is 9.81. The van der Waals surface area contributed by atoms with E-state index in [-0.39, 0.29) is 5.91 Å². The minimum absolute atomic E-state index is 0.138. The predicted molar refractivity (Wildman–Crippen MR) is 76.5 cm³/mol. The molecule has 3 nitrogen and oxygen atoms in total. The summed E-state index contributed by atoms with van der Waals surface area (Å²) in [4.78, 5) is 11.6. The van der Waals surface area contributed by atoms with Crippen LogP contribution in [0.5, 0.6) is 0 Å². The zero-order valence-electron chi connectivity index (χ0n) is 12.3. The Bertz CT molecular complexity index is 235. The van der Waals surface area contributed by atoms with Crippen molar-refractivity contribution in [1.82, 2.24) is 10.6 Å². The molecule has 1 aliphatic rings. The highest BCUT2D eigenvalue weighted by molar-refractivity contribution is 5.77. The van der Waals surface area contributed by atoms with Crippen LogP contribution in [0.3, 0.4) is 0 Å². The van der Waals surface area contributed by atoms with E-state index >= 15 is 0 Å². The number of carbonyl (C=O) groups excluding carboxylic acids is 1. The van der Waals surface area contributed by atoms with Crippen molar-refractivity contribution in [2.24, 2.45) is 11.8 Å². The third kappa shape index (κ3) is 6.39. The van der Waals surface area contributed by atoms with Gasteiger partial charge in [-0.05, 0) is 31.6 Å². The van der Waals surface area contributed by atoms with Gasteiger partial charge in [0.2, 0.25) is 5.91 Å². The maximum Gasteiger partial charge on any atom is 0.233 e. The van der Waals surface area contributed by atoms with Gasteiger partial charge in [0, 0.05) is 12.6 Å². The molecule has 0 aliphatic heterocycles. The molecule has 18 heavy (non-hydrogen) atoms. The van der Waals surface area contributed by atoms with Crippen molar-refractivity contribution in [1.29, 1.82) is 0 Å². The lowest BCUT2D eigenvalue weighted by molar-refractivity contribution is -0.120. The molecule has 0 aromatic carbocycles. The second-order valence-corrected chi connectivity index (χ2v) is 5.95. The third-order valence-electron chi connectivity index (χ3n) is 4.23. The third-order valence-corrected chi connectivity index (χ3v) is 4.23. The summed E-state index contributed by atoms with van der Waals surface area (Å²) in [5, 5.41) is 6.23. The van der Waals surface area contributed by atoms with E-state index in [0.29, 0.717) is 12.6 Å². The Kier molecular flexibility index (Phi) is 7.33. The number of amides is 1. The van der Waals surface area contributed by atoms with Crippen LogP contribution in [0, 0.1) is 11.8 Å². The smallest absolute Gasteiger partial charge is 0.233 e. The van der Waals surface area contributed by atoms with Gasteiger partial charge in [0.1, 0.15) is 0 Å². The summed E-state index contributed by atoms with van der Waals surface area (Å²) in [6.07, 6.45) is 7.65. The zero-order chi connectivity index (χ0) is 13.4. The molecule has 0 heterocycles. The van der Waals surface area contributed by atoms with Crippen molar-refractivity contribution >= 4 is 5.91 Å². The minimum Gasteiger partial charge on any atom is -0.355 e. The molecule has 1 aliphatic carbocycles. The molecule has 1 saturated carbocycles. The van der Waals surface area contributed by atoms with Gasteiger partial charge < -0.3 is 10.6 Å². The van der Waals surface area contributed by atoms with E-state index in [9.17, 15) is 4.79 Å². The molecule has 1 atom stereocenters. The molecule has 1 fully saturated rings. The van der Waals surface area contributed by atoms with Gasteiger partial charge in [-0.25, -0.2) is 0 Å². The first-order valence-electron chi connectivity index (χ1n) is 7.61. The van der Waals surface area contributed by atoms with Crippen LogP contribution in [-0.4, -0.2) is 25.0 Å². The highest BCUT2D eigenvalue weighted by Crippen LogP contribution is 2.29. The molecule has 0 aromatic heterocycles. The first-order chi connectivity index (χ1) is 8.61. The van der Waals surface area contributed by atoms with Crippen molar-refractivity contribution in [2.45, 2.75) is 65.3 Å². The Labute approximate surface area is 112 Å². The molecule has 1 amide bonds. The van der Waals surface area contributed by atoms with E-state index in [1.165, 1.54) is 25.7 Å². The summed E-state index contributed by atoms with van der Waals surface area (Å²) in [5.41, 5.74) is 0. The summed E-state index contributed by atoms with van der Waals surface area (Å²) in [6.45, 7) is 7.88. The number of rotatable bonds is 7. The topological polar surface area (TPSA) is 41.1 Å². The molecule has 0 aromatic rings. The number of nitrogens with one attached hydrogen (secondary N) is 2. The van der Waals surface area contributed by atoms with Crippen molar-refractivity contribution in [3.8, 4) is 0 Å². The summed E-state index contributed by atoms with van der Waals surface area (Å²) < 4.78 is 0. The van der Waals surface area contributed by atoms with Crippen molar-refractivity contribution in [2.75, 3.05) is 13.1 Å². The van der Waals surface area contributed by atoms with Crippen LogP contribution in [0.15, 0.2) is 0 Å². The number of carbonyl (C=O) groups is 1. The van der Waals surface area contributed by atoms with Gasteiger partial charge in [0.15, 0.2) is 0 Å². The van der Waals surface area contributed by atoms with Gasteiger partial charge in [0.25, 0.3) is 0 Å². The van der Waals surface area contributed by atoms with E-state index in [4.69, 9.17) is 0 Å². The number of hydrogen-bond acceptors (Lipinski definition) is 2. The average Bonchev–Trinajstić information content (AvgIpc) is 2.38. The Morgan fingerprint density at radius 3 is 2.56 bits per heavy atom. The Morgan fingerprint density at radius 2 is 1.94 bits per heavy atom. The lowest BCUT2D eigenvalue weighted by Crippen LogP contribution is -2.38. The van der Waals surface area contributed by atoms with Crippen LogP contribution in [0.2, 0.25) is 0 Å². The predicted octanol–water partition coefficient (Wildman–Crippen LogP) is 2.71. The lowest BCUT2D eigenvalue weighted by Gasteiger charge is -2.26. The fourth-order valence-electron chi connectivity index (χ4n) is 2.51. The normalized spacial score (nSPS) is 25.7. The van der Waals surface area contributed by atoms with Gasteiger partial charge in [-0.15, -0.1) is 0 Å². The van der Waals surface area contributed by atoms with E-state index in [0.717, 1.165) is 31.2 Å². The van der Waals surface area contributed by atoms with Crippen molar-refractivity contribution in [3.05, 3.63) is 0 Å². The molecule has 0 radical (unpaired) electrons. The minimum atomic E-state index is 0.138. The molecule has 1 unspecified atom stereocenters. The summed E-state index contributed by atoms with van der Waals surface area (Å²) in [7, 11) is 0. The van der Waals surface area contributed by atoms with E-state index in [1.807, 2.05) is 0 Å². The monoisotopic (exact) mass is 254 g/mol. The maximum absolute atomic E-state index is 11.6.